The average Bonchev–Trinajstić information content (AvgIpc) is 2.67. The van der Waals surface area contributed by atoms with E-state index in [0.717, 1.165) is 6.54 Å². The molecule has 102 valence electrons. The zero-order valence-corrected chi connectivity index (χ0v) is 10.4. The monoisotopic (exact) mass is 264 g/mol. The van der Waals surface area contributed by atoms with Crippen LogP contribution in [0.2, 0.25) is 0 Å². The van der Waals surface area contributed by atoms with Crippen LogP contribution in [0.3, 0.4) is 0 Å². The van der Waals surface area contributed by atoms with E-state index in [4.69, 9.17) is 9.84 Å². The van der Waals surface area contributed by atoms with Gasteiger partial charge in [0.2, 0.25) is 0 Å². The second-order valence-electron chi connectivity index (χ2n) is 4.33. The smallest absolute Gasteiger partial charge is 0.335 e. The highest BCUT2D eigenvalue weighted by molar-refractivity contribution is 5.96. The lowest BCUT2D eigenvalue weighted by molar-refractivity contribution is 0.0696. The molecule has 1 aliphatic heterocycles. The molecule has 1 aromatic carbocycles. The minimum Gasteiger partial charge on any atom is -0.478 e. The lowest BCUT2D eigenvalue weighted by Crippen LogP contribution is -2.43. The summed E-state index contributed by atoms with van der Waals surface area (Å²) in [6.45, 7) is 2.56. The first-order valence-corrected chi connectivity index (χ1v) is 6.09. The highest BCUT2D eigenvalue weighted by Crippen LogP contribution is 2.05. The number of carboxylic acid groups (broad SMARTS) is 1. The second-order valence-corrected chi connectivity index (χ2v) is 4.33. The largest absolute Gasteiger partial charge is 0.478 e. The van der Waals surface area contributed by atoms with Gasteiger partial charge < -0.3 is 20.5 Å². The Hall–Kier alpha value is -1.92. The third kappa shape index (κ3) is 3.77. The van der Waals surface area contributed by atoms with Crippen molar-refractivity contribution in [2.45, 2.75) is 6.04 Å². The van der Waals surface area contributed by atoms with Gasteiger partial charge in [-0.25, -0.2) is 4.79 Å². The maximum Gasteiger partial charge on any atom is 0.335 e. The van der Waals surface area contributed by atoms with E-state index < -0.39 is 5.97 Å². The van der Waals surface area contributed by atoms with E-state index >= 15 is 0 Å². The first-order chi connectivity index (χ1) is 9.16. The third-order valence-corrected chi connectivity index (χ3v) is 2.86. The molecule has 1 aliphatic rings. The van der Waals surface area contributed by atoms with Gasteiger partial charge in [-0.1, -0.05) is 0 Å². The molecular weight excluding hydrogens is 248 g/mol. The zero-order chi connectivity index (χ0) is 13.7. The van der Waals surface area contributed by atoms with Gasteiger partial charge in [-0.3, -0.25) is 4.79 Å². The normalized spacial score (nSPS) is 19.5. The molecule has 1 unspecified atom stereocenters. The fourth-order valence-electron chi connectivity index (χ4n) is 1.83. The molecule has 1 amide bonds. The van der Waals surface area contributed by atoms with E-state index in [1.165, 1.54) is 24.3 Å². The molecule has 6 nitrogen and oxygen atoms in total. The number of hydrogen-bond donors (Lipinski definition) is 3. The van der Waals surface area contributed by atoms with E-state index in [2.05, 4.69) is 10.6 Å². The van der Waals surface area contributed by atoms with E-state index in [1.54, 1.807) is 0 Å². The van der Waals surface area contributed by atoms with E-state index in [1.807, 2.05) is 0 Å². The quantitative estimate of drug-likeness (QED) is 0.721. The Balaban J connectivity index is 1.96. The number of hydrogen-bond acceptors (Lipinski definition) is 4. The number of carboxylic acids is 1. The highest BCUT2D eigenvalue weighted by Gasteiger charge is 2.16. The van der Waals surface area contributed by atoms with Crippen molar-refractivity contribution >= 4 is 11.9 Å². The van der Waals surface area contributed by atoms with Crippen molar-refractivity contribution in [3.8, 4) is 0 Å². The minimum absolute atomic E-state index is 0.0749. The number of nitrogens with one attached hydrogen (secondary N) is 2. The Morgan fingerprint density at radius 1 is 1.26 bits per heavy atom. The molecule has 1 saturated heterocycles. The van der Waals surface area contributed by atoms with Gasteiger partial charge in [0, 0.05) is 18.7 Å². The zero-order valence-electron chi connectivity index (χ0n) is 10.4. The van der Waals surface area contributed by atoms with E-state index in [9.17, 15) is 9.59 Å². The topological polar surface area (TPSA) is 87.7 Å². The van der Waals surface area contributed by atoms with Crippen LogP contribution in [-0.2, 0) is 4.74 Å². The van der Waals surface area contributed by atoms with Gasteiger partial charge >= 0.3 is 5.97 Å². The van der Waals surface area contributed by atoms with Gasteiger partial charge in [0.25, 0.3) is 5.91 Å². The van der Waals surface area contributed by atoms with Crippen LogP contribution in [0.1, 0.15) is 20.7 Å². The molecule has 2 rings (SSSR count). The molecule has 0 spiro atoms. The van der Waals surface area contributed by atoms with Crippen LogP contribution in [0.4, 0.5) is 0 Å². The van der Waals surface area contributed by atoms with Gasteiger partial charge in [0.1, 0.15) is 0 Å². The van der Waals surface area contributed by atoms with Crippen LogP contribution in [-0.4, -0.2) is 49.3 Å². The molecule has 3 N–H and O–H groups in total. The molecule has 0 aromatic heterocycles. The molecule has 1 aromatic rings. The van der Waals surface area contributed by atoms with Gasteiger partial charge in [0.15, 0.2) is 0 Å². The number of benzene rings is 1. The molecule has 0 aliphatic carbocycles. The number of ether oxygens (including phenoxy) is 1. The van der Waals surface area contributed by atoms with Crippen molar-refractivity contribution in [3.05, 3.63) is 35.4 Å². The molecule has 19 heavy (non-hydrogen) atoms. The molecule has 0 saturated carbocycles. The molecule has 1 atom stereocenters. The minimum atomic E-state index is -1.01. The van der Waals surface area contributed by atoms with E-state index in [-0.39, 0.29) is 17.5 Å². The first-order valence-electron chi connectivity index (χ1n) is 6.09. The van der Waals surface area contributed by atoms with Crippen molar-refractivity contribution in [2.24, 2.45) is 0 Å². The Labute approximate surface area is 110 Å². The standard InChI is InChI=1S/C13H16N2O4/c16-12(15-11-7-14-5-6-19-8-11)9-1-3-10(4-2-9)13(17)18/h1-4,11,14H,5-8H2,(H,15,16)(H,17,18). The van der Waals surface area contributed by atoms with Crippen LogP contribution < -0.4 is 10.6 Å². The first kappa shape index (κ1) is 13.5. The Kier molecular flexibility index (Phi) is 4.48. The summed E-state index contributed by atoms with van der Waals surface area (Å²) in [6, 6.07) is 5.76. The predicted octanol–water partition coefficient (Wildman–Crippen LogP) is 0.103. The summed E-state index contributed by atoms with van der Waals surface area (Å²) in [5.41, 5.74) is 0.602. The average molecular weight is 264 g/mol. The number of rotatable bonds is 3. The summed E-state index contributed by atoms with van der Waals surface area (Å²) in [5.74, 6) is -1.23. The van der Waals surface area contributed by atoms with Crippen molar-refractivity contribution in [1.29, 1.82) is 0 Å². The van der Waals surface area contributed by atoms with Crippen LogP contribution in [0.15, 0.2) is 24.3 Å². The Morgan fingerprint density at radius 2 is 1.95 bits per heavy atom. The van der Waals surface area contributed by atoms with Gasteiger partial charge in [-0.15, -0.1) is 0 Å². The third-order valence-electron chi connectivity index (χ3n) is 2.86. The predicted molar refractivity (Wildman–Crippen MR) is 68.3 cm³/mol. The van der Waals surface area contributed by atoms with Crippen molar-refractivity contribution in [1.82, 2.24) is 10.6 Å². The maximum atomic E-state index is 12.0. The number of carbonyl (C=O) groups is 2. The van der Waals surface area contributed by atoms with Crippen LogP contribution in [0.5, 0.6) is 0 Å². The number of amides is 1. The molecule has 1 heterocycles. The fraction of sp³-hybridized carbons (Fsp3) is 0.385. The van der Waals surface area contributed by atoms with Gasteiger partial charge in [0.05, 0.1) is 24.8 Å². The summed E-state index contributed by atoms with van der Waals surface area (Å²) in [6.07, 6.45) is 0. The lowest BCUT2D eigenvalue weighted by atomic mass is 10.1. The van der Waals surface area contributed by atoms with Crippen molar-refractivity contribution < 1.29 is 19.4 Å². The maximum absolute atomic E-state index is 12.0. The highest BCUT2D eigenvalue weighted by atomic mass is 16.5. The molecule has 0 bridgehead atoms. The van der Waals surface area contributed by atoms with Crippen molar-refractivity contribution in [2.75, 3.05) is 26.3 Å². The van der Waals surface area contributed by atoms with E-state index in [0.29, 0.717) is 25.3 Å². The molecular formula is C13H16N2O4. The Bertz CT molecular complexity index is 450. The molecule has 1 fully saturated rings. The summed E-state index contributed by atoms with van der Waals surface area (Å²) in [4.78, 5) is 22.7. The second kappa shape index (κ2) is 6.31. The van der Waals surface area contributed by atoms with Crippen molar-refractivity contribution in [3.63, 3.8) is 0 Å². The lowest BCUT2D eigenvalue weighted by Gasteiger charge is -2.15. The van der Waals surface area contributed by atoms with Crippen LogP contribution in [0.25, 0.3) is 0 Å². The summed E-state index contributed by atoms with van der Waals surface area (Å²) < 4.78 is 5.34. The fourth-order valence-corrected chi connectivity index (χ4v) is 1.83. The van der Waals surface area contributed by atoms with Crippen LogP contribution >= 0.6 is 0 Å². The summed E-state index contributed by atoms with van der Waals surface area (Å²) >= 11 is 0. The summed E-state index contributed by atoms with van der Waals surface area (Å²) in [7, 11) is 0. The number of aromatic carboxylic acids is 1. The molecule has 6 heteroatoms. The van der Waals surface area contributed by atoms with Gasteiger partial charge in [-0.2, -0.15) is 0 Å². The SMILES string of the molecule is O=C(O)c1ccc(C(=O)NC2CNCCOC2)cc1. The summed E-state index contributed by atoms with van der Waals surface area (Å²) in [5, 5.41) is 14.8. The Morgan fingerprint density at radius 3 is 2.63 bits per heavy atom. The molecule has 0 radical (unpaired) electrons. The van der Waals surface area contributed by atoms with Crippen LogP contribution in [0, 0.1) is 0 Å². The van der Waals surface area contributed by atoms with Gasteiger partial charge in [-0.05, 0) is 24.3 Å². The number of carbonyl (C=O) groups excluding carboxylic acids is 1.